The van der Waals surface area contributed by atoms with Crippen LogP contribution in [0.5, 0.6) is 5.75 Å². The van der Waals surface area contributed by atoms with E-state index in [1.165, 1.54) is 29.5 Å². The Balaban J connectivity index is 1.93. The van der Waals surface area contributed by atoms with Crippen LogP contribution < -0.4 is 15.8 Å². The zero-order valence-corrected chi connectivity index (χ0v) is 12.3. The van der Waals surface area contributed by atoms with Gasteiger partial charge in [0.15, 0.2) is 0 Å². The maximum absolute atomic E-state index is 6.07. The largest absolute Gasteiger partial charge is 0.496 e. The van der Waals surface area contributed by atoms with Gasteiger partial charge < -0.3 is 15.8 Å². The Hall–Kier alpha value is -1.06. The van der Waals surface area contributed by atoms with Gasteiger partial charge in [0.2, 0.25) is 0 Å². The fourth-order valence-corrected chi connectivity index (χ4v) is 2.87. The predicted octanol–water partition coefficient (Wildman–Crippen LogP) is 2.32. The van der Waals surface area contributed by atoms with E-state index in [4.69, 9.17) is 10.5 Å². The first kappa shape index (κ1) is 14.4. The topological polar surface area (TPSA) is 47.3 Å². The van der Waals surface area contributed by atoms with Gasteiger partial charge in [-0.2, -0.15) is 0 Å². The molecule has 0 radical (unpaired) electrons. The second kappa shape index (κ2) is 6.40. The highest BCUT2D eigenvalue weighted by atomic mass is 16.5. The molecule has 0 heterocycles. The van der Waals surface area contributed by atoms with Gasteiger partial charge in [-0.05, 0) is 62.4 Å². The van der Waals surface area contributed by atoms with Crippen molar-refractivity contribution in [3.05, 3.63) is 28.8 Å². The lowest BCUT2D eigenvalue weighted by Crippen LogP contribution is -2.41. The Morgan fingerprint density at radius 2 is 2.00 bits per heavy atom. The minimum Gasteiger partial charge on any atom is -0.496 e. The van der Waals surface area contributed by atoms with Crippen molar-refractivity contribution in [3.63, 3.8) is 0 Å². The zero-order valence-electron chi connectivity index (χ0n) is 12.3. The summed E-state index contributed by atoms with van der Waals surface area (Å²) < 4.78 is 5.47. The van der Waals surface area contributed by atoms with Crippen molar-refractivity contribution in [2.45, 2.75) is 51.6 Å². The van der Waals surface area contributed by atoms with E-state index in [-0.39, 0.29) is 0 Å². The molecule has 3 heteroatoms. The quantitative estimate of drug-likeness (QED) is 0.856. The van der Waals surface area contributed by atoms with Gasteiger partial charge in [0.05, 0.1) is 7.11 Å². The average molecular weight is 262 g/mol. The second-order valence-electron chi connectivity index (χ2n) is 5.65. The fraction of sp³-hybridized carbons (Fsp3) is 0.625. The normalized spacial score (nSPS) is 22.7. The van der Waals surface area contributed by atoms with Crippen LogP contribution >= 0.6 is 0 Å². The zero-order chi connectivity index (χ0) is 13.8. The smallest absolute Gasteiger partial charge is 0.122 e. The summed E-state index contributed by atoms with van der Waals surface area (Å²) in [7, 11) is 1.74. The van der Waals surface area contributed by atoms with Gasteiger partial charge in [0, 0.05) is 12.1 Å². The van der Waals surface area contributed by atoms with Crippen LogP contribution in [0.1, 0.15) is 36.0 Å². The van der Waals surface area contributed by atoms with Gasteiger partial charge in [-0.1, -0.05) is 12.5 Å². The lowest BCUT2D eigenvalue weighted by atomic mass is 10.0. The maximum atomic E-state index is 6.07. The number of ether oxygens (including phenoxy) is 1. The molecule has 2 atom stereocenters. The third-order valence-electron chi connectivity index (χ3n) is 4.27. The van der Waals surface area contributed by atoms with Crippen molar-refractivity contribution in [2.24, 2.45) is 5.73 Å². The van der Waals surface area contributed by atoms with Gasteiger partial charge in [0.1, 0.15) is 5.75 Å². The Labute approximate surface area is 116 Å². The summed E-state index contributed by atoms with van der Waals surface area (Å²) in [5.74, 6) is 1.00. The molecule has 3 nitrogen and oxygen atoms in total. The van der Waals surface area contributed by atoms with E-state index in [9.17, 15) is 0 Å². The molecule has 0 spiro atoms. The molecule has 3 N–H and O–H groups in total. The van der Waals surface area contributed by atoms with E-state index in [0.717, 1.165) is 25.1 Å². The molecule has 1 fully saturated rings. The Kier molecular flexibility index (Phi) is 4.83. The molecule has 1 aliphatic carbocycles. The van der Waals surface area contributed by atoms with Crippen LogP contribution in [-0.2, 0) is 6.42 Å². The average Bonchev–Trinajstić information content (AvgIpc) is 2.79. The van der Waals surface area contributed by atoms with Crippen molar-refractivity contribution in [1.82, 2.24) is 5.32 Å². The summed E-state index contributed by atoms with van der Waals surface area (Å²) >= 11 is 0. The maximum Gasteiger partial charge on any atom is 0.122 e. The molecule has 0 aliphatic heterocycles. The monoisotopic (exact) mass is 262 g/mol. The van der Waals surface area contributed by atoms with Gasteiger partial charge in [-0.25, -0.2) is 0 Å². The molecule has 0 aromatic heterocycles. The van der Waals surface area contributed by atoms with E-state index in [0.29, 0.717) is 12.1 Å². The third kappa shape index (κ3) is 3.48. The summed E-state index contributed by atoms with van der Waals surface area (Å²) in [5, 5.41) is 3.58. The van der Waals surface area contributed by atoms with Crippen molar-refractivity contribution in [3.8, 4) is 5.75 Å². The number of methoxy groups -OCH3 is 1. The van der Waals surface area contributed by atoms with Crippen LogP contribution in [0.3, 0.4) is 0 Å². The molecule has 1 aliphatic rings. The van der Waals surface area contributed by atoms with Crippen LogP contribution in [-0.4, -0.2) is 25.7 Å². The van der Waals surface area contributed by atoms with E-state index < -0.39 is 0 Å². The Bertz CT molecular complexity index is 431. The summed E-state index contributed by atoms with van der Waals surface area (Å²) in [4.78, 5) is 0. The number of nitrogens with two attached hydrogens (primary N) is 1. The number of aryl methyl sites for hydroxylation is 2. The predicted molar refractivity (Wildman–Crippen MR) is 79.8 cm³/mol. The highest BCUT2D eigenvalue weighted by molar-refractivity contribution is 5.41. The van der Waals surface area contributed by atoms with Crippen molar-refractivity contribution < 1.29 is 4.74 Å². The standard InChI is InChI=1S/C16H26N2O/c1-11-9-13(16(19-3)10-12(11)2)7-8-18-15-6-4-5-14(15)17/h9-10,14-15,18H,4-8,17H2,1-3H3. The molecule has 0 bridgehead atoms. The highest BCUT2D eigenvalue weighted by Crippen LogP contribution is 2.23. The lowest BCUT2D eigenvalue weighted by Gasteiger charge is -2.18. The fourth-order valence-electron chi connectivity index (χ4n) is 2.87. The summed E-state index contributed by atoms with van der Waals surface area (Å²) in [6, 6.07) is 5.20. The van der Waals surface area contributed by atoms with Gasteiger partial charge in [-0.3, -0.25) is 0 Å². The van der Waals surface area contributed by atoms with Crippen LogP contribution in [0.25, 0.3) is 0 Å². The van der Waals surface area contributed by atoms with Crippen molar-refractivity contribution >= 4 is 0 Å². The third-order valence-corrected chi connectivity index (χ3v) is 4.27. The number of rotatable bonds is 5. The van der Waals surface area contributed by atoms with E-state index >= 15 is 0 Å². The van der Waals surface area contributed by atoms with Crippen LogP contribution in [0, 0.1) is 13.8 Å². The first-order chi connectivity index (χ1) is 9.11. The molecule has 1 aromatic carbocycles. The van der Waals surface area contributed by atoms with E-state index in [1.807, 2.05) is 0 Å². The molecule has 0 saturated heterocycles. The highest BCUT2D eigenvalue weighted by Gasteiger charge is 2.22. The summed E-state index contributed by atoms with van der Waals surface area (Å²) in [6.07, 6.45) is 4.62. The molecule has 2 unspecified atom stereocenters. The van der Waals surface area contributed by atoms with Crippen LogP contribution in [0.15, 0.2) is 12.1 Å². The number of benzene rings is 1. The molecular weight excluding hydrogens is 236 g/mol. The Morgan fingerprint density at radius 1 is 1.26 bits per heavy atom. The lowest BCUT2D eigenvalue weighted by molar-refractivity contribution is 0.407. The summed E-state index contributed by atoms with van der Waals surface area (Å²) in [6.45, 7) is 5.24. The second-order valence-corrected chi connectivity index (χ2v) is 5.65. The molecule has 1 aromatic rings. The van der Waals surface area contributed by atoms with Crippen LogP contribution in [0.4, 0.5) is 0 Å². The van der Waals surface area contributed by atoms with Crippen LogP contribution in [0.2, 0.25) is 0 Å². The Morgan fingerprint density at radius 3 is 2.63 bits per heavy atom. The first-order valence-electron chi connectivity index (χ1n) is 7.25. The molecule has 0 amide bonds. The van der Waals surface area contributed by atoms with E-state index in [2.05, 4.69) is 31.3 Å². The molecule has 1 saturated carbocycles. The van der Waals surface area contributed by atoms with Gasteiger partial charge >= 0.3 is 0 Å². The minimum atomic E-state index is 0.335. The first-order valence-corrected chi connectivity index (χ1v) is 7.25. The van der Waals surface area contributed by atoms with E-state index in [1.54, 1.807) is 7.11 Å². The van der Waals surface area contributed by atoms with Crippen molar-refractivity contribution in [2.75, 3.05) is 13.7 Å². The molecule has 2 rings (SSSR count). The molecule has 19 heavy (non-hydrogen) atoms. The van der Waals surface area contributed by atoms with Crippen molar-refractivity contribution in [1.29, 1.82) is 0 Å². The van der Waals surface area contributed by atoms with Gasteiger partial charge in [-0.15, -0.1) is 0 Å². The number of hydrogen-bond donors (Lipinski definition) is 2. The number of hydrogen-bond acceptors (Lipinski definition) is 3. The SMILES string of the molecule is COc1cc(C)c(C)cc1CCNC1CCCC1N. The molecule has 106 valence electrons. The summed E-state index contributed by atoms with van der Waals surface area (Å²) in [5.41, 5.74) is 9.96. The minimum absolute atomic E-state index is 0.335. The number of nitrogens with one attached hydrogen (secondary N) is 1. The molecular formula is C16H26N2O. The van der Waals surface area contributed by atoms with Gasteiger partial charge in [0.25, 0.3) is 0 Å².